The van der Waals surface area contributed by atoms with Crippen molar-refractivity contribution in [2.45, 2.75) is 26.9 Å². The monoisotopic (exact) mass is 396 g/mol. The van der Waals surface area contributed by atoms with Crippen LogP contribution in [0.2, 0.25) is 0 Å². The zero-order valence-electron chi connectivity index (χ0n) is 16.8. The lowest BCUT2D eigenvalue weighted by Crippen LogP contribution is -2.34. The van der Waals surface area contributed by atoms with Crippen LogP contribution in [0.5, 0.6) is 5.75 Å². The molecule has 2 rings (SSSR count). The molecular weight excluding hydrogens is 372 g/mol. The smallest absolute Gasteiger partial charge is 0.355 e. The summed E-state index contributed by atoms with van der Waals surface area (Å²) >= 11 is 0. The van der Waals surface area contributed by atoms with E-state index in [1.807, 2.05) is 19.1 Å². The maximum absolute atomic E-state index is 12.5. The predicted molar refractivity (Wildman–Crippen MR) is 110 cm³/mol. The fourth-order valence-corrected chi connectivity index (χ4v) is 2.48. The molecule has 0 aromatic heterocycles. The Balaban J connectivity index is 2.12. The van der Waals surface area contributed by atoms with E-state index in [-0.39, 0.29) is 5.70 Å². The van der Waals surface area contributed by atoms with E-state index in [0.717, 1.165) is 5.56 Å². The molecule has 0 aliphatic heterocycles. The van der Waals surface area contributed by atoms with Gasteiger partial charge in [-0.2, -0.15) is 0 Å². The summed E-state index contributed by atoms with van der Waals surface area (Å²) in [6, 6.07) is 14.3. The largest absolute Gasteiger partial charge is 0.495 e. The summed E-state index contributed by atoms with van der Waals surface area (Å²) in [5, 5.41) is 5.13. The maximum Gasteiger partial charge on any atom is 0.355 e. The van der Waals surface area contributed by atoms with Crippen LogP contribution in [-0.4, -0.2) is 31.0 Å². The van der Waals surface area contributed by atoms with Crippen molar-refractivity contribution in [3.63, 3.8) is 0 Å². The van der Waals surface area contributed by atoms with Crippen molar-refractivity contribution < 1.29 is 23.9 Å². The molecule has 7 nitrogen and oxygen atoms in total. The number of carbonyl (C=O) groups is 3. The Kier molecular flexibility index (Phi) is 7.54. The third-order valence-corrected chi connectivity index (χ3v) is 3.91. The van der Waals surface area contributed by atoms with Gasteiger partial charge in [-0.25, -0.2) is 4.79 Å². The Bertz CT molecular complexity index is 922. The molecule has 29 heavy (non-hydrogen) atoms. The highest BCUT2D eigenvalue weighted by molar-refractivity contribution is 6.01. The number of methoxy groups -OCH3 is 1. The number of hydrogen-bond acceptors (Lipinski definition) is 5. The summed E-state index contributed by atoms with van der Waals surface area (Å²) in [4.78, 5) is 36.5. The van der Waals surface area contributed by atoms with Gasteiger partial charge in [-0.15, -0.1) is 0 Å². The highest BCUT2D eigenvalue weighted by Gasteiger charge is 2.22. The van der Waals surface area contributed by atoms with Gasteiger partial charge in [-0.1, -0.05) is 36.4 Å². The quantitative estimate of drug-likeness (QED) is 0.554. The van der Waals surface area contributed by atoms with Gasteiger partial charge in [0.15, 0.2) is 6.10 Å². The Morgan fingerprint density at radius 3 is 2.38 bits per heavy atom. The fourth-order valence-electron chi connectivity index (χ4n) is 2.48. The number of rotatable bonds is 7. The van der Waals surface area contributed by atoms with E-state index in [1.165, 1.54) is 27.0 Å². The number of ether oxygens (including phenoxy) is 2. The molecule has 2 amide bonds. The lowest BCUT2D eigenvalue weighted by atomic mass is 10.2. The van der Waals surface area contributed by atoms with Gasteiger partial charge in [0.2, 0.25) is 5.91 Å². The summed E-state index contributed by atoms with van der Waals surface area (Å²) in [7, 11) is 1.50. The number of aryl methyl sites for hydroxylation is 1. The average Bonchev–Trinajstić information content (AvgIpc) is 2.68. The van der Waals surface area contributed by atoms with E-state index in [0.29, 0.717) is 17.0 Å². The first kappa shape index (κ1) is 21.7. The molecule has 2 aromatic carbocycles. The number of amides is 2. The molecule has 2 N–H and O–H groups in total. The molecule has 2 aromatic rings. The summed E-state index contributed by atoms with van der Waals surface area (Å²) < 4.78 is 10.5. The van der Waals surface area contributed by atoms with Crippen LogP contribution >= 0.6 is 0 Å². The van der Waals surface area contributed by atoms with Gasteiger partial charge in [0, 0.05) is 6.92 Å². The van der Waals surface area contributed by atoms with Gasteiger partial charge in [0.1, 0.15) is 11.4 Å². The zero-order chi connectivity index (χ0) is 21.4. The third-order valence-electron chi connectivity index (χ3n) is 3.91. The highest BCUT2D eigenvalue weighted by atomic mass is 16.5. The van der Waals surface area contributed by atoms with Crippen LogP contribution in [0, 0.1) is 6.92 Å². The van der Waals surface area contributed by atoms with Crippen LogP contribution in [0.4, 0.5) is 5.69 Å². The minimum atomic E-state index is -1.10. The van der Waals surface area contributed by atoms with E-state index >= 15 is 0 Å². The molecule has 1 atom stereocenters. The molecule has 1 unspecified atom stereocenters. The van der Waals surface area contributed by atoms with Gasteiger partial charge in [-0.05, 0) is 43.2 Å². The van der Waals surface area contributed by atoms with Crippen LogP contribution in [0.1, 0.15) is 25.0 Å². The van der Waals surface area contributed by atoms with Crippen molar-refractivity contribution in [1.29, 1.82) is 0 Å². The first-order valence-electron chi connectivity index (χ1n) is 9.01. The molecule has 0 heterocycles. The van der Waals surface area contributed by atoms with Crippen molar-refractivity contribution in [2.75, 3.05) is 12.4 Å². The van der Waals surface area contributed by atoms with Gasteiger partial charge < -0.3 is 20.1 Å². The Morgan fingerprint density at radius 2 is 1.76 bits per heavy atom. The maximum atomic E-state index is 12.5. The summed E-state index contributed by atoms with van der Waals surface area (Å²) in [6.07, 6.45) is 0.387. The van der Waals surface area contributed by atoms with Crippen LogP contribution in [0.15, 0.2) is 54.2 Å². The molecule has 0 saturated heterocycles. The van der Waals surface area contributed by atoms with Crippen LogP contribution in [0.25, 0.3) is 6.08 Å². The van der Waals surface area contributed by atoms with E-state index in [2.05, 4.69) is 10.6 Å². The average molecular weight is 396 g/mol. The van der Waals surface area contributed by atoms with Crippen molar-refractivity contribution in [3.8, 4) is 5.75 Å². The second kappa shape index (κ2) is 10.1. The Labute approximate surface area is 169 Å². The Morgan fingerprint density at radius 1 is 1.07 bits per heavy atom. The molecule has 0 bridgehead atoms. The van der Waals surface area contributed by atoms with Crippen LogP contribution in [-0.2, 0) is 19.1 Å². The normalized spacial score (nSPS) is 11.9. The SMILES string of the molecule is COc1ccc(C)cc1NC(=O)C(C)OC(=O)/C(=C/c1ccccc1)NC(C)=O. The first-order valence-corrected chi connectivity index (χ1v) is 9.01. The number of esters is 1. The van der Waals surface area contributed by atoms with Crippen LogP contribution in [0.3, 0.4) is 0 Å². The van der Waals surface area contributed by atoms with Gasteiger partial charge in [-0.3, -0.25) is 9.59 Å². The van der Waals surface area contributed by atoms with Gasteiger partial charge in [0.05, 0.1) is 12.8 Å². The van der Waals surface area contributed by atoms with Gasteiger partial charge in [0.25, 0.3) is 5.91 Å². The first-order chi connectivity index (χ1) is 13.8. The molecule has 0 radical (unpaired) electrons. The molecule has 152 valence electrons. The number of nitrogens with one attached hydrogen (secondary N) is 2. The summed E-state index contributed by atoms with van der Waals surface area (Å²) in [5.41, 5.74) is 2.05. The number of anilines is 1. The van der Waals surface area contributed by atoms with Crippen molar-refractivity contribution >= 4 is 29.5 Å². The second-order valence-corrected chi connectivity index (χ2v) is 6.39. The molecule has 0 fully saturated rings. The molecule has 0 aliphatic carbocycles. The molecule has 0 saturated carbocycles. The summed E-state index contributed by atoms with van der Waals surface area (Å²) in [5.74, 6) is -1.27. The predicted octanol–water partition coefficient (Wildman–Crippen LogP) is 3.05. The fraction of sp³-hybridized carbons (Fsp3) is 0.227. The minimum absolute atomic E-state index is 0.0588. The number of carbonyl (C=O) groups excluding carboxylic acids is 3. The number of hydrogen-bond donors (Lipinski definition) is 2. The van der Waals surface area contributed by atoms with Crippen molar-refractivity contribution in [1.82, 2.24) is 5.32 Å². The van der Waals surface area contributed by atoms with E-state index < -0.39 is 23.9 Å². The molecular formula is C22H24N2O5. The van der Waals surface area contributed by atoms with E-state index in [1.54, 1.807) is 36.4 Å². The lowest BCUT2D eigenvalue weighted by Gasteiger charge is -2.16. The molecule has 0 spiro atoms. The minimum Gasteiger partial charge on any atom is -0.495 e. The lowest BCUT2D eigenvalue weighted by molar-refractivity contribution is -0.149. The van der Waals surface area contributed by atoms with Crippen molar-refractivity contribution in [2.24, 2.45) is 0 Å². The van der Waals surface area contributed by atoms with Crippen LogP contribution < -0.4 is 15.4 Å². The Hall–Kier alpha value is -3.61. The summed E-state index contributed by atoms with van der Waals surface area (Å²) in [6.45, 7) is 4.61. The van der Waals surface area contributed by atoms with E-state index in [9.17, 15) is 14.4 Å². The standard InChI is InChI=1S/C22H24N2O5/c1-14-10-11-20(28-4)18(12-14)24-21(26)15(2)29-22(27)19(23-16(3)25)13-17-8-6-5-7-9-17/h5-13,15H,1-4H3,(H,23,25)(H,24,26)/b19-13-. The molecule has 7 heteroatoms. The zero-order valence-corrected chi connectivity index (χ0v) is 16.8. The second-order valence-electron chi connectivity index (χ2n) is 6.39. The van der Waals surface area contributed by atoms with Gasteiger partial charge >= 0.3 is 5.97 Å². The number of benzene rings is 2. The highest BCUT2D eigenvalue weighted by Crippen LogP contribution is 2.25. The van der Waals surface area contributed by atoms with E-state index in [4.69, 9.17) is 9.47 Å². The van der Waals surface area contributed by atoms with Crippen molar-refractivity contribution in [3.05, 3.63) is 65.4 Å². The topological polar surface area (TPSA) is 93.7 Å². The molecule has 0 aliphatic rings. The third kappa shape index (κ3) is 6.49.